The van der Waals surface area contributed by atoms with E-state index in [2.05, 4.69) is 27.9 Å². The summed E-state index contributed by atoms with van der Waals surface area (Å²) >= 11 is 3.25. The third-order valence-corrected chi connectivity index (χ3v) is 4.29. The lowest BCUT2D eigenvalue weighted by molar-refractivity contribution is 0.0643. The van der Waals surface area contributed by atoms with Crippen LogP contribution in [0.1, 0.15) is 23.2 Å². The monoisotopic (exact) mass is 328 g/mol. The number of likely N-dealkylation sites (N-methyl/N-ethyl adjacent to an activating group) is 2. The number of hydrogen-bond donors (Lipinski definition) is 0. The smallest absolute Gasteiger partial charge is 0.255 e. The average Bonchev–Trinajstić information content (AvgIpc) is 2.37. The van der Waals surface area contributed by atoms with Crippen LogP contribution < -0.4 is 0 Å². The zero-order valence-corrected chi connectivity index (χ0v) is 12.8. The Morgan fingerprint density at radius 1 is 1.53 bits per heavy atom. The van der Waals surface area contributed by atoms with Crippen LogP contribution in [0.3, 0.4) is 0 Å². The minimum atomic E-state index is -0.344. The molecule has 1 aromatic rings. The van der Waals surface area contributed by atoms with Crippen molar-refractivity contribution in [3.05, 3.63) is 34.1 Å². The van der Waals surface area contributed by atoms with Gasteiger partial charge in [0.2, 0.25) is 0 Å². The largest absolute Gasteiger partial charge is 0.337 e. The molecule has 104 valence electrons. The van der Waals surface area contributed by atoms with Crippen LogP contribution in [-0.2, 0) is 0 Å². The van der Waals surface area contributed by atoms with Crippen molar-refractivity contribution in [1.82, 2.24) is 9.80 Å². The van der Waals surface area contributed by atoms with Crippen LogP contribution in [-0.4, -0.2) is 48.9 Å². The van der Waals surface area contributed by atoms with Gasteiger partial charge in [0.15, 0.2) is 0 Å². The van der Waals surface area contributed by atoms with Crippen LogP contribution in [0.4, 0.5) is 4.39 Å². The van der Waals surface area contributed by atoms with Crippen molar-refractivity contribution < 1.29 is 9.18 Å². The maximum absolute atomic E-state index is 13.1. The highest BCUT2D eigenvalue weighted by molar-refractivity contribution is 9.10. The molecular formula is C14H18BrFN2O. The molecule has 1 aliphatic rings. The van der Waals surface area contributed by atoms with Gasteiger partial charge in [-0.05, 0) is 60.6 Å². The highest BCUT2D eigenvalue weighted by Gasteiger charge is 2.26. The lowest BCUT2D eigenvalue weighted by atomic mass is 10.0. The van der Waals surface area contributed by atoms with Gasteiger partial charge in [-0.3, -0.25) is 4.79 Å². The van der Waals surface area contributed by atoms with E-state index in [9.17, 15) is 9.18 Å². The number of carbonyl (C=O) groups excluding carboxylic acids is 1. The molecule has 0 radical (unpaired) electrons. The van der Waals surface area contributed by atoms with Crippen molar-refractivity contribution in [1.29, 1.82) is 0 Å². The highest BCUT2D eigenvalue weighted by atomic mass is 79.9. The van der Waals surface area contributed by atoms with Gasteiger partial charge in [0, 0.05) is 24.1 Å². The Morgan fingerprint density at radius 2 is 2.26 bits per heavy atom. The lowest BCUT2D eigenvalue weighted by Gasteiger charge is -2.36. The van der Waals surface area contributed by atoms with E-state index < -0.39 is 0 Å². The van der Waals surface area contributed by atoms with Crippen LogP contribution in [0, 0.1) is 5.82 Å². The van der Waals surface area contributed by atoms with Crippen molar-refractivity contribution in [3.63, 3.8) is 0 Å². The minimum absolute atomic E-state index is 0.0628. The second-order valence-corrected chi connectivity index (χ2v) is 5.95. The molecule has 1 aromatic carbocycles. The molecule has 5 heteroatoms. The molecule has 3 nitrogen and oxygen atoms in total. The first-order valence-electron chi connectivity index (χ1n) is 6.40. The first-order chi connectivity index (χ1) is 8.99. The van der Waals surface area contributed by atoms with E-state index in [1.165, 1.54) is 18.2 Å². The Labute approximate surface area is 121 Å². The predicted octanol–water partition coefficient (Wildman–Crippen LogP) is 2.75. The molecule has 0 saturated carbocycles. The zero-order chi connectivity index (χ0) is 14.0. The molecule has 1 unspecified atom stereocenters. The fraction of sp³-hybridized carbons (Fsp3) is 0.500. The summed E-state index contributed by atoms with van der Waals surface area (Å²) in [6.07, 6.45) is 2.12. The van der Waals surface area contributed by atoms with E-state index in [0.29, 0.717) is 10.0 Å². The molecule has 2 rings (SSSR count). The molecular weight excluding hydrogens is 311 g/mol. The lowest BCUT2D eigenvalue weighted by Crippen LogP contribution is -2.47. The van der Waals surface area contributed by atoms with Gasteiger partial charge in [-0.2, -0.15) is 0 Å². The molecule has 0 spiro atoms. The third kappa shape index (κ3) is 3.34. The van der Waals surface area contributed by atoms with Crippen molar-refractivity contribution in [2.75, 3.05) is 27.2 Å². The number of halogens is 2. The molecule has 0 aliphatic carbocycles. The van der Waals surface area contributed by atoms with Crippen LogP contribution in [0.5, 0.6) is 0 Å². The molecule has 1 amide bonds. The van der Waals surface area contributed by atoms with Crippen LogP contribution in [0.15, 0.2) is 22.7 Å². The van der Waals surface area contributed by atoms with Crippen molar-refractivity contribution in [2.45, 2.75) is 18.9 Å². The normalized spacial score (nSPS) is 20.3. The topological polar surface area (TPSA) is 23.6 Å². The highest BCUT2D eigenvalue weighted by Crippen LogP contribution is 2.22. The Bertz CT molecular complexity index is 481. The number of carbonyl (C=O) groups is 1. The predicted molar refractivity (Wildman–Crippen MR) is 76.7 cm³/mol. The maximum atomic E-state index is 13.1. The Hall–Kier alpha value is -0.940. The number of hydrogen-bond acceptors (Lipinski definition) is 2. The van der Waals surface area contributed by atoms with Gasteiger partial charge in [-0.1, -0.05) is 0 Å². The Morgan fingerprint density at radius 3 is 2.89 bits per heavy atom. The van der Waals surface area contributed by atoms with Crippen molar-refractivity contribution in [3.8, 4) is 0 Å². The van der Waals surface area contributed by atoms with E-state index in [1.807, 2.05) is 7.05 Å². The molecule has 1 heterocycles. The van der Waals surface area contributed by atoms with E-state index >= 15 is 0 Å². The number of likely N-dealkylation sites (tertiary alicyclic amines) is 1. The summed E-state index contributed by atoms with van der Waals surface area (Å²) in [5, 5.41) is 0. The standard InChI is InChI=1S/C14H18BrFN2O/c1-17-7-3-4-11(9-17)18(2)14(19)12-6-5-10(16)8-13(12)15/h5-6,8,11H,3-4,7,9H2,1-2H3. The Balaban J connectivity index is 2.14. The number of piperidine rings is 1. The fourth-order valence-corrected chi connectivity index (χ4v) is 2.99. The van der Waals surface area contributed by atoms with Gasteiger partial charge in [0.25, 0.3) is 5.91 Å². The number of benzene rings is 1. The summed E-state index contributed by atoms with van der Waals surface area (Å²) in [6.45, 7) is 1.97. The molecule has 1 aliphatic heterocycles. The maximum Gasteiger partial charge on any atom is 0.255 e. The molecule has 1 fully saturated rings. The Kier molecular flexibility index (Phi) is 4.58. The number of rotatable bonds is 2. The molecule has 1 saturated heterocycles. The quantitative estimate of drug-likeness (QED) is 0.833. The van der Waals surface area contributed by atoms with Gasteiger partial charge < -0.3 is 9.80 Å². The number of amides is 1. The van der Waals surface area contributed by atoms with Gasteiger partial charge in [-0.25, -0.2) is 4.39 Å². The van der Waals surface area contributed by atoms with Gasteiger partial charge in [0.05, 0.1) is 5.56 Å². The number of nitrogens with zero attached hydrogens (tertiary/aromatic N) is 2. The molecule has 0 bridgehead atoms. The first kappa shape index (κ1) is 14.5. The van der Waals surface area contributed by atoms with E-state index in [-0.39, 0.29) is 17.8 Å². The van der Waals surface area contributed by atoms with Gasteiger partial charge >= 0.3 is 0 Å². The summed E-state index contributed by atoms with van der Waals surface area (Å²) in [6, 6.07) is 4.40. The summed E-state index contributed by atoms with van der Waals surface area (Å²) in [5.74, 6) is -0.407. The van der Waals surface area contributed by atoms with Crippen molar-refractivity contribution in [2.24, 2.45) is 0 Å². The molecule has 19 heavy (non-hydrogen) atoms. The summed E-state index contributed by atoms with van der Waals surface area (Å²) in [7, 11) is 3.89. The zero-order valence-electron chi connectivity index (χ0n) is 11.2. The second kappa shape index (κ2) is 6.01. The summed E-state index contributed by atoms with van der Waals surface area (Å²) < 4.78 is 13.6. The van der Waals surface area contributed by atoms with Crippen LogP contribution in [0.2, 0.25) is 0 Å². The third-order valence-electron chi connectivity index (χ3n) is 3.63. The molecule has 0 aromatic heterocycles. The summed E-state index contributed by atoms with van der Waals surface area (Å²) in [4.78, 5) is 16.4. The van der Waals surface area contributed by atoms with E-state index in [0.717, 1.165) is 25.9 Å². The fourth-order valence-electron chi connectivity index (χ4n) is 2.47. The minimum Gasteiger partial charge on any atom is -0.337 e. The average molecular weight is 329 g/mol. The van der Waals surface area contributed by atoms with Crippen molar-refractivity contribution >= 4 is 21.8 Å². The summed E-state index contributed by atoms with van der Waals surface area (Å²) in [5.41, 5.74) is 0.511. The van der Waals surface area contributed by atoms with Gasteiger partial charge in [0.1, 0.15) is 5.82 Å². The van der Waals surface area contributed by atoms with Crippen LogP contribution >= 0.6 is 15.9 Å². The molecule has 1 atom stereocenters. The SMILES string of the molecule is CN1CCCC(N(C)C(=O)c2ccc(F)cc2Br)C1. The van der Waals surface area contributed by atoms with E-state index in [4.69, 9.17) is 0 Å². The van der Waals surface area contributed by atoms with Gasteiger partial charge in [-0.15, -0.1) is 0 Å². The van der Waals surface area contributed by atoms with E-state index in [1.54, 1.807) is 4.90 Å². The second-order valence-electron chi connectivity index (χ2n) is 5.10. The van der Waals surface area contributed by atoms with Crippen LogP contribution in [0.25, 0.3) is 0 Å². The molecule has 0 N–H and O–H groups in total. The first-order valence-corrected chi connectivity index (χ1v) is 7.19.